The second-order valence-corrected chi connectivity index (χ2v) is 17.2. The van der Waals surface area contributed by atoms with Crippen LogP contribution in [-0.4, -0.2) is 23.1 Å². The molecule has 0 amide bonds. The summed E-state index contributed by atoms with van der Waals surface area (Å²) in [5, 5.41) is 0. The molecule has 242 valence electrons. The van der Waals surface area contributed by atoms with Crippen molar-refractivity contribution < 1.29 is 19.2 Å². The van der Waals surface area contributed by atoms with Crippen molar-refractivity contribution in [2.24, 2.45) is 11.8 Å². The van der Waals surface area contributed by atoms with Crippen molar-refractivity contribution in [3.05, 3.63) is 160 Å². The molecule has 0 bridgehead atoms. The lowest BCUT2D eigenvalue weighted by Gasteiger charge is -2.33. The van der Waals surface area contributed by atoms with E-state index in [-0.39, 0.29) is 56.9 Å². The maximum atomic E-state index is 13.1. The monoisotopic (exact) mass is 686 g/mol. The Kier molecular flexibility index (Phi) is 5.85. The lowest BCUT2D eigenvalue weighted by atomic mass is 9.70. The molecular weight excluding hydrogens is 657 g/mol. The molecule has 6 aliphatic rings. The van der Waals surface area contributed by atoms with E-state index in [0.29, 0.717) is 22.3 Å². The van der Waals surface area contributed by atoms with E-state index in [4.69, 9.17) is 0 Å². The fraction of sp³-hybridized carbons (Fsp3) is 0.182. The van der Waals surface area contributed by atoms with E-state index in [1.165, 1.54) is 43.2 Å². The van der Waals surface area contributed by atoms with E-state index < -0.39 is 0 Å². The van der Waals surface area contributed by atoms with Crippen LogP contribution in [0.25, 0.3) is 23.3 Å². The molecule has 0 saturated carbocycles. The van der Waals surface area contributed by atoms with E-state index in [9.17, 15) is 19.2 Å². The maximum Gasteiger partial charge on any atom is 0.197 e. The molecule has 0 N–H and O–H groups in total. The highest BCUT2D eigenvalue weighted by Gasteiger charge is 2.47. The average Bonchev–Trinajstić information content (AvgIpc) is 3.91. The van der Waals surface area contributed by atoms with Gasteiger partial charge < -0.3 is 0 Å². The molecular formula is C44H30O4S2. The highest BCUT2D eigenvalue weighted by atomic mass is 32.1. The molecule has 10 rings (SSSR count). The molecule has 2 atom stereocenters. The third-order valence-corrected chi connectivity index (χ3v) is 13.8. The highest BCUT2D eigenvalue weighted by Crippen LogP contribution is 2.60. The molecule has 0 fully saturated rings. The number of benzene rings is 2. The normalized spacial score (nSPS) is 22.9. The molecule has 0 saturated heterocycles. The Labute approximate surface area is 297 Å². The fourth-order valence-corrected chi connectivity index (χ4v) is 11.4. The minimum Gasteiger partial charge on any atom is -0.288 e. The van der Waals surface area contributed by atoms with Gasteiger partial charge in [0.25, 0.3) is 0 Å². The summed E-state index contributed by atoms with van der Waals surface area (Å²) in [7, 11) is 0. The molecule has 6 heteroatoms. The van der Waals surface area contributed by atoms with Crippen molar-refractivity contribution in [2.45, 2.75) is 38.5 Å². The Morgan fingerprint density at radius 3 is 1.20 bits per heavy atom. The number of thiophene rings is 2. The van der Waals surface area contributed by atoms with Gasteiger partial charge in [0.1, 0.15) is 0 Å². The van der Waals surface area contributed by atoms with Crippen molar-refractivity contribution >= 4 is 69.1 Å². The zero-order valence-corrected chi connectivity index (χ0v) is 29.5. The molecule has 2 aromatic carbocycles. The lowest BCUT2D eigenvalue weighted by molar-refractivity contribution is 0.0975. The summed E-state index contributed by atoms with van der Waals surface area (Å²) in [5.74, 6) is -0.383. The number of hydrogen-bond donors (Lipinski definition) is 0. The van der Waals surface area contributed by atoms with Crippen LogP contribution in [0.3, 0.4) is 0 Å². The van der Waals surface area contributed by atoms with Crippen molar-refractivity contribution in [2.75, 3.05) is 0 Å². The van der Waals surface area contributed by atoms with E-state index in [1.807, 2.05) is 0 Å². The Morgan fingerprint density at radius 2 is 0.860 bits per heavy atom. The van der Waals surface area contributed by atoms with Crippen LogP contribution >= 0.6 is 22.7 Å². The summed E-state index contributed by atoms with van der Waals surface area (Å²) < 4.78 is 0. The molecule has 0 aliphatic heterocycles. The summed E-state index contributed by atoms with van der Waals surface area (Å²) in [4.78, 5) is 56.8. The van der Waals surface area contributed by atoms with Gasteiger partial charge in [-0.3, -0.25) is 19.2 Å². The first-order valence-corrected chi connectivity index (χ1v) is 18.6. The summed E-state index contributed by atoms with van der Waals surface area (Å²) in [5.41, 5.74) is 9.60. The first-order chi connectivity index (χ1) is 23.9. The van der Waals surface area contributed by atoms with E-state index in [2.05, 4.69) is 64.1 Å². The largest absolute Gasteiger partial charge is 0.288 e. The molecule has 2 aromatic heterocycles. The molecule has 0 radical (unpaired) electrons. The van der Waals surface area contributed by atoms with Gasteiger partial charge in [-0.25, -0.2) is 0 Å². The Hall–Kier alpha value is -5.04. The van der Waals surface area contributed by atoms with Crippen LogP contribution in [0.4, 0.5) is 0 Å². The fourth-order valence-electron chi connectivity index (χ4n) is 8.83. The molecule has 2 heterocycles. The number of allylic oxidation sites excluding steroid dienone is 10. The molecule has 2 unspecified atom stereocenters. The van der Waals surface area contributed by atoms with Gasteiger partial charge in [0, 0.05) is 64.4 Å². The number of ketones is 4. The second-order valence-electron chi connectivity index (χ2n) is 15.0. The standard InChI is InChI=1S/C44H30O4S2/c1-43(2)33-15-21-14-30-34(44(3,4)36-20-24(50-42(30)36)18-32-39(47)27-11-7-8-12-28(27)40(32)48)16-22(21)13-29(33)41-35(43)19-23(49-41)17-31-37(45)25-9-5-6-10-26(25)38(31)46/h5-22H,1-4H3. The number of rotatable bonds is 2. The Balaban J connectivity index is 0.996. The van der Waals surface area contributed by atoms with Crippen LogP contribution in [0, 0.1) is 11.8 Å². The maximum absolute atomic E-state index is 13.1. The van der Waals surface area contributed by atoms with Gasteiger partial charge in [-0.2, -0.15) is 0 Å². The first kappa shape index (κ1) is 29.8. The molecule has 4 nitrogen and oxygen atoms in total. The van der Waals surface area contributed by atoms with Crippen molar-refractivity contribution in [1.82, 2.24) is 0 Å². The van der Waals surface area contributed by atoms with E-state index in [0.717, 1.165) is 9.75 Å². The third kappa shape index (κ3) is 3.81. The number of carbonyl (C=O) groups is 4. The van der Waals surface area contributed by atoms with Crippen LogP contribution in [0.15, 0.2) is 107 Å². The predicted molar refractivity (Wildman–Crippen MR) is 200 cm³/mol. The van der Waals surface area contributed by atoms with Crippen molar-refractivity contribution in [3.8, 4) is 0 Å². The van der Waals surface area contributed by atoms with Gasteiger partial charge in [0.2, 0.25) is 0 Å². The zero-order chi connectivity index (χ0) is 34.4. The van der Waals surface area contributed by atoms with Gasteiger partial charge in [-0.15, -0.1) is 22.7 Å². The highest BCUT2D eigenvalue weighted by molar-refractivity contribution is 7.15. The number of carbonyl (C=O) groups excluding carboxylic acids is 4. The van der Waals surface area contributed by atoms with Gasteiger partial charge in [-0.1, -0.05) is 101 Å². The SMILES string of the molecule is CC1(C)C2=CC3C=C4C(=CC3C=C2c2sc(C=C3C(=O)c5ccccc5C3=O)cc21)C(C)(C)c1cc(C=C2C(=O)c3ccccc3C2=O)sc14. The van der Waals surface area contributed by atoms with Crippen LogP contribution in [0.2, 0.25) is 0 Å². The smallest absolute Gasteiger partial charge is 0.197 e. The Bertz CT molecular complexity index is 2310. The van der Waals surface area contributed by atoms with Gasteiger partial charge >= 0.3 is 0 Å². The van der Waals surface area contributed by atoms with E-state index >= 15 is 0 Å². The average molecular weight is 687 g/mol. The second kappa shape index (κ2) is 9.81. The summed E-state index contributed by atoms with van der Waals surface area (Å²) >= 11 is 3.32. The lowest BCUT2D eigenvalue weighted by Crippen LogP contribution is -2.24. The summed E-state index contributed by atoms with van der Waals surface area (Å²) in [6.07, 6.45) is 13.3. The molecule has 6 aliphatic carbocycles. The number of Topliss-reactive ketones (excluding diaryl/α,β-unsaturated/α-hetero) is 4. The van der Waals surface area contributed by atoms with Crippen LogP contribution < -0.4 is 0 Å². The van der Waals surface area contributed by atoms with Crippen molar-refractivity contribution in [1.29, 1.82) is 0 Å². The van der Waals surface area contributed by atoms with Gasteiger partial charge in [0.05, 0.1) is 11.1 Å². The minimum absolute atomic E-state index is 0.197. The zero-order valence-electron chi connectivity index (χ0n) is 27.8. The van der Waals surface area contributed by atoms with Gasteiger partial charge in [0.15, 0.2) is 23.1 Å². The summed E-state index contributed by atoms with van der Waals surface area (Å²) in [6.45, 7) is 9.06. The Morgan fingerprint density at radius 1 is 0.520 bits per heavy atom. The van der Waals surface area contributed by atoms with E-state index in [1.54, 1.807) is 83.4 Å². The van der Waals surface area contributed by atoms with Crippen LogP contribution in [0.1, 0.15) is 99.8 Å². The number of hydrogen-bond acceptors (Lipinski definition) is 6. The van der Waals surface area contributed by atoms with Crippen LogP contribution in [0.5, 0.6) is 0 Å². The molecule has 50 heavy (non-hydrogen) atoms. The number of fused-ring (bicyclic) bond motifs is 9. The molecule has 0 spiro atoms. The van der Waals surface area contributed by atoms with Crippen LogP contribution in [-0.2, 0) is 10.8 Å². The predicted octanol–water partition coefficient (Wildman–Crippen LogP) is 9.90. The minimum atomic E-state index is -0.227. The first-order valence-electron chi connectivity index (χ1n) is 16.9. The summed E-state index contributed by atoms with van der Waals surface area (Å²) in [6, 6.07) is 18.5. The quantitative estimate of drug-likeness (QED) is 0.156. The third-order valence-electron chi connectivity index (χ3n) is 11.5. The topological polar surface area (TPSA) is 68.3 Å². The molecule has 4 aromatic rings. The van der Waals surface area contributed by atoms with Crippen molar-refractivity contribution in [3.63, 3.8) is 0 Å². The van der Waals surface area contributed by atoms with Gasteiger partial charge in [-0.05, 0) is 57.7 Å².